The van der Waals surface area contributed by atoms with Crippen LogP contribution in [0.3, 0.4) is 0 Å². The van der Waals surface area contributed by atoms with E-state index in [4.69, 9.17) is 57.8 Å². The van der Waals surface area contributed by atoms with Crippen molar-refractivity contribution in [2.75, 3.05) is 52.9 Å². The van der Waals surface area contributed by atoms with Gasteiger partial charge in [0.2, 0.25) is 0 Å². The van der Waals surface area contributed by atoms with E-state index in [9.17, 15) is 0 Å². The Bertz CT molecular complexity index is 5360. The van der Waals surface area contributed by atoms with Gasteiger partial charge in [0.05, 0.1) is 89.7 Å². The first-order chi connectivity index (χ1) is 52.6. The lowest BCUT2D eigenvalue weighted by Crippen LogP contribution is -2.12. The van der Waals surface area contributed by atoms with Crippen LogP contribution in [0, 0.1) is 0 Å². The molecule has 10 bridgehead atoms. The topological polar surface area (TPSA) is 154 Å². The summed E-state index contributed by atoms with van der Waals surface area (Å²) < 4.78 is 72.0. The lowest BCUT2D eigenvalue weighted by atomic mass is 9.92. The van der Waals surface area contributed by atoms with E-state index in [-0.39, 0.29) is 13.2 Å². The molecule has 2 heterocycles. The Balaban J connectivity index is 0.862. The molecule has 16 heteroatoms. The number of aromatic nitrogens is 6. The molecule has 10 aliphatic rings. The smallest absolute Gasteiger partial charge is 0.132 e. The van der Waals surface area contributed by atoms with E-state index >= 15 is 0 Å². The molecule has 0 radical (unpaired) electrons. The molecule has 0 N–H and O–H groups in total. The summed E-state index contributed by atoms with van der Waals surface area (Å²) in [4.78, 5) is 0. The summed E-state index contributed by atoms with van der Waals surface area (Å²) in [6.07, 6.45) is 5.68. The first-order valence-corrected chi connectivity index (χ1v) is 37.7. The van der Waals surface area contributed by atoms with E-state index in [1.165, 1.54) is 64.6 Å². The highest BCUT2D eigenvalue weighted by Crippen LogP contribution is 2.45. The SMILES string of the molecule is CCOc1cc2c(OCC)cc1Cc1cc(OCC)c(cc1OCC)Cc1cc(OCC)c(cc1OCC)Cc1cc(OCc3cnnn3Cc3ccc4ccc5cccc6ccc3c4c56)c(cc1OCc1cnnn1Cc1ccc3ccc4cccc5ccc1c3c45)Cc1cc(OCC)c(cc1OCC)C2. The highest BCUT2D eigenvalue weighted by atomic mass is 16.5. The van der Waals surface area contributed by atoms with Gasteiger partial charge in [-0.15, -0.1) is 10.2 Å². The van der Waals surface area contributed by atoms with Crippen LogP contribution < -0.4 is 47.4 Å². The summed E-state index contributed by atoms with van der Waals surface area (Å²) in [5, 5.41) is 33.2. The highest BCUT2D eigenvalue weighted by molar-refractivity contribution is 6.24. The summed E-state index contributed by atoms with van der Waals surface area (Å²) in [5.41, 5.74) is 12.9. The average Bonchev–Trinajstić information content (AvgIpc) is 0.770. The predicted octanol–water partition coefficient (Wildman–Crippen LogP) is 19.4. The number of hydrogen-bond acceptors (Lipinski definition) is 14. The maximum atomic E-state index is 7.35. The van der Waals surface area contributed by atoms with Gasteiger partial charge in [-0.25, -0.2) is 9.36 Å². The summed E-state index contributed by atoms with van der Waals surface area (Å²) in [6, 6.07) is 60.9. The molecule has 542 valence electrons. The van der Waals surface area contributed by atoms with Crippen molar-refractivity contribution in [3.8, 4) is 57.5 Å². The Hall–Kier alpha value is -11.8. The van der Waals surface area contributed by atoms with Crippen LogP contribution in [0.1, 0.15) is 134 Å². The van der Waals surface area contributed by atoms with Crippen molar-refractivity contribution >= 4 is 64.6 Å². The van der Waals surface area contributed by atoms with Gasteiger partial charge in [0.15, 0.2) is 0 Å². The number of rotatable bonds is 26. The molecule has 0 fully saturated rings. The van der Waals surface area contributed by atoms with Crippen molar-refractivity contribution in [1.29, 1.82) is 0 Å². The Morgan fingerprint density at radius 1 is 0.262 bits per heavy atom. The van der Waals surface area contributed by atoms with E-state index in [0.29, 0.717) is 133 Å². The molecule has 0 aliphatic heterocycles. The fourth-order valence-corrected chi connectivity index (χ4v) is 15.8. The zero-order valence-corrected chi connectivity index (χ0v) is 62.1. The fourth-order valence-electron chi connectivity index (χ4n) is 15.8. The van der Waals surface area contributed by atoms with Gasteiger partial charge in [-0.3, -0.25) is 0 Å². The molecule has 0 atom stereocenters. The van der Waals surface area contributed by atoms with Crippen molar-refractivity contribution in [3.05, 3.63) is 260 Å². The molecule has 10 aliphatic carbocycles. The fraction of sp³-hybridized carbons (Fsp3) is 0.275. The Kier molecular flexibility index (Phi) is 20.0. The van der Waals surface area contributed by atoms with Crippen molar-refractivity contribution in [2.24, 2.45) is 0 Å². The molecule has 0 saturated carbocycles. The first-order valence-electron chi connectivity index (χ1n) is 37.7. The molecule has 13 aromatic carbocycles. The van der Waals surface area contributed by atoms with Crippen LogP contribution in [0.25, 0.3) is 64.6 Å². The Morgan fingerprint density at radius 3 is 0.738 bits per heavy atom. The van der Waals surface area contributed by atoms with Crippen LogP contribution in [0.4, 0.5) is 0 Å². The third-order valence-electron chi connectivity index (χ3n) is 20.5. The minimum Gasteiger partial charge on any atom is -0.494 e. The minimum absolute atomic E-state index is 0.134. The van der Waals surface area contributed by atoms with Crippen LogP contribution in [-0.4, -0.2) is 82.8 Å². The van der Waals surface area contributed by atoms with Crippen molar-refractivity contribution < 1.29 is 47.4 Å². The molecule has 16 nitrogen and oxygen atoms in total. The first kappa shape index (κ1) is 69.6. The molecule has 0 saturated heterocycles. The van der Waals surface area contributed by atoms with Gasteiger partial charge in [-0.2, -0.15) is 0 Å². The van der Waals surface area contributed by atoms with Crippen LogP contribution in [0.15, 0.2) is 182 Å². The van der Waals surface area contributed by atoms with Gasteiger partial charge in [0.1, 0.15) is 70.7 Å². The maximum Gasteiger partial charge on any atom is 0.132 e. The maximum absolute atomic E-state index is 7.35. The molecule has 0 unspecified atom stereocenters. The van der Waals surface area contributed by atoms with E-state index in [1.807, 2.05) is 64.8 Å². The molecule has 0 amide bonds. The van der Waals surface area contributed by atoms with Gasteiger partial charge in [0, 0.05) is 87.7 Å². The Morgan fingerprint density at radius 2 is 0.486 bits per heavy atom. The van der Waals surface area contributed by atoms with Crippen molar-refractivity contribution in [1.82, 2.24) is 30.0 Å². The van der Waals surface area contributed by atoms with Gasteiger partial charge >= 0.3 is 0 Å². The van der Waals surface area contributed by atoms with Gasteiger partial charge in [-0.1, -0.05) is 120 Å². The Labute approximate surface area is 623 Å². The second-order valence-electron chi connectivity index (χ2n) is 27.2. The standard InChI is InChI=1S/C91H88N6O10/c1-9-98-78-42-66-36-68-44-84(104-15-7)70(46-82(68)102-13-5)38-72-48-87(107-55-75-51-93-95-97(75)53-63-30-28-61-26-24-57-20-18-22-59-32-34-77(63)91(61)89(57)59)73(49-86(72)106-54-74-50-92-94-96(74)52-62-29-27-60-25-23-56-19-17-21-58-31-33-76(62)90(60)88(56)58)39-71-47-83(103-14-6)69(45-85(71)105-16-8)37-67-43-79(99-10-2)65(41-81(67)101-12-4)35-64(78)40-80(66)100-11-3/h17-34,40-51H,9-16,35-39,52-55H2,1-8H3. The second-order valence-corrected chi connectivity index (χ2v) is 27.2. The summed E-state index contributed by atoms with van der Waals surface area (Å²) in [6.45, 7) is 20.8. The van der Waals surface area contributed by atoms with Crippen LogP contribution in [0.5, 0.6) is 57.5 Å². The zero-order chi connectivity index (χ0) is 73.1. The summed E-state index contributed by atoms with van der Waals surface area (Å²) in [7, 11) is 0. The lowest BCUT2D eigenvalue weighted by molar-refractivity contribution is 0.280. The van der Waals surface area contributed by atoms with Crippen LogP contribution >= 0.6 is 0 Å². The number of nitrogens with zero attached hydrogens (tertiary/aromatic N) is 6. The van der Waals surface area contributed by atoms with Crippen LogP contribution in [-0.2, 0) is 58.4 Å². The van der Waals surface area contributed by atoms with E-state index in [0.717, 1.165) is 101 Å². The van der Waals surface area contributed by atoms with E-state index in [1.54, 1.807) is 12.4 Å². The average molecular weight is 1430 g/mol. The van der Waals surface area contributed by atoms with Crippen LogP contribution in [0.2, 0.25) is 0 Å². The minimum atomic E-state index is 0.134. The van der Waals surface area contributed by atoms with Gasteiger partial charge in [-0.05, 0) is 192 Å². The van der Waals surface area contributed by atoms with Gasteiger partial charge in [0.25, 0.3) is 0 Å². The monoisotopic (exact) mass is 1420 g/mol. The molecular formula is C91H88N6O10. The van der Waals surface area contributed by atoms with Gasteiger partial charge < -0.3 is 47.4 Å². The second kappa shape index (κ2) is 30.7. The number of hydrogen-bond donors (Lipinski definition) is 0. The highest BCUT2D eigenvalue weighted by Gasteiger charge is 2.27. The summed E-state index contributed by atoms with van der Waals surface area (Å²) >= 11 is 0. The molecule has 2 aromatic heterocycles. The zero-order valence-electron chi connectivity index (χ0n) is 62.1. The molecule has 15 aromatic rings. The lowest BCUT2D eigenvalue weighted by Gasteiger charge is -2.22. The quantitative estimate of drug-likeness (QED) is 0.0472. The third-order valence-corrected chi connectivity index (χ3v) is 20.5. The largest absolute Gasteiger partial charge is 0.494 e. The normalized spacial score (nSPS) is 12.4. The predicted molar refractivity (Wildman–Crippen MR) is 423 cm³/mol. The summed E-state index contributed by atoms with van der Waals surface area (Å²) in [5.74, 6) is 7.05. The molecule has 107 heavy (non-hydrogen) atoms. The number of benzene rings is 13. The van der Waals surface area contributed by atoms with Crippen molar-refractivity contribution in [3.63, 3.8) is 0 Å². The van der Waals surface area contributed by atoms with E-state index in [2.05, 4.69) is 180 Å². The molecule has 25 rings (SSSR count). The molecular weight excluding hydrogens is 1340 g/mol. The molecule has 0 spiro atoms. The third kappa shape index (κ3) is 13.9. The van der Waals surface area contributed by atoms with Crippen molar-refractivity contribution in [2.45, 2.75) is 114 Å². The number of ether oxygens (including phenoxy) is 10. The van der Waals surface area contributed by atoms with E-state index < -0.39 is 0 Å².